The monoisotopic (exact) mass is 265 g/mol. The molecule has 2 rings (SSSR count). The van der Waals surface area contributed by atoms with Crippen molar-refractivity contribution in [1.29, 1.82) is 0 Å². The minimum absolute atomic E-state index is 0.441. The van der Waals surface area contributed by atoms with Crippen LogP contribution in [0.3, 0.4) is 0 Å². The van der Waals surface area contributed by atoms with E-state index >= 15 is 0 Å². The summed E-state index contributed by atoms with van der Waals surface area (Å²) in [7, 11) is 0. The lowest BCUT2D eigenvalue weighted by Crippen LogP contribution is -2.06. The van der Waals surface area contributed by atoms with E-state index in [0.717, 1.165) is 11.0 Å². The molecule has 1 heterocycles. The molecule has 1 aromatic heterocycles. The van der Waals surface area contributed by atoms with Gasteiger partial charge in [-0.05, 0) is 12.1 Å². The lowest BCUT2D eigenvalue weighted by Gasteiger charge is -2.01. The summed E-state index contributed by atoms with van der Waals surface area (Å²) in [5.41, 5.74) is 2.66. The van der Waals surface area contributed by atoms with Gasteiger partial charge in [0.1, 0.15) is 11.4 Å². The van der Waals surface area contributed by atoms with Crippen molar-refractivity contribution in [2.45, 2.75) is 0 Å². The molecule has 2 aromatic rings. The third-order valence-electron chi connectivity index (χ3n) is 1.99. The Labute approximate surface area is 94.8 Å². The van der Waals surface area contributed by atoms with Gasteiger partial charge >= 0.3 is 0 Å². The summed E-state index contributed by atoms with van der Waals surface area (Å²) in [6, 6.07) is 7.55. The molecule has 0 amide bonds. The molecule has 0 aliphatic heterocycles. The van der Waals surface area contributed by atoms with Crippen LogP contribution in [0.5, 0.6) is 0 Å². The second-order valence-corrected chi connectivity index (χ2v) is 3.49. The largest absolute Gasteiger partial charge is 0.411 e. The molecule has 0 saturated heterocycles. The predicted molar refractivity (Wildman–Crippen MR) is 61.7 cm³/mol. The van der Waals surface area contributed by atoms with Gasteiger partial charge in [0.15, 0.2) is 0 Å². The van der Waals surface area contributed by atoms with Crippen molar-refractivity contribution < 1.29 is 5.21 Å². The fourth-order valence-electron chi connectivity index (χ4n) is 1.24. The Hall–Kier alpha value is -1.49. The summed E-state index contributed by atoms with van der Waals surface area (Å²) in [4.78, 5) is 8.56. The van der Waals surface area contributed by atoms with E-state index in [4.69, 9.17) is 5.21 Å². The first-order valence-corrected chi connectivity index (χ1v) is 5.46. The van der Waals surface area contributed by atoms with Crippen LogP contribution in [0.1, 0.15) is 5.69 Å². The van der Waals surface area contributed by atoms with Gasteiger partial charge in [0.2, 0.25) is 0 Å². The highest BCUT2D eigenvalue weighted by Gasteiger charge is 2.05. The summed E-state index contributed by atoms with van der Waals surface area (Å²) in [5.74, 6) is 0. The van der Waals surface area contributed by atoms with E-state index < -0.39 is 0 Å². The molecular formula is C10H8BrN3O. The topological polar surface area (TPSA) is 58.4 Å². The second-order valence-electron chi connectivity index (χ2n) is 2.92. The number of aromatic nitrogens is 2. The highest BCUT2D eigenvalue weighted by molar-refractivity contribution is 9.09. The van der Waals surface area contributed by atoms with E-state index in [9.17, 15) is 0 Å². The summed E-state index contributed by atoms with van der Waals surface area (Å²) in [6.45, 7) is 0. The van der Waals surface area contributed by atoms with Crippen molar-refractivity contribution in [3.63, 3.8) is 0 Å². The molecule has 0 radical (unpaired) electrons. The molecule has 1 N–H and O–H groups in total. The maximum absolute atomic E-state index is 8.74. The third-order valence-corrected chi connectivity index (χ3v) is 2.52. The number of alkyl halides is 1. The van der Waals surface area contributed by atoms with Gasteiger partial charge in [0, 0.05) is 0 Å². The van der Waals surface area contributed by atoms with Gasteiger partial charge in [-0.3, -0.25) is 4.98 Å². The van der Waals surface area contributed by atoms with Crippen LogP contribution in [0, 0.1) is 0 Å². The number of nitrogens with zero attached hydrogens (tertiary/aromatic N) is 3. The molecular weight excluding hydrogens is 258 g/mol. The highest BCUT2D eigenvalue weighted by atomic mass is 79.9. The van der Waals surface area contributed by atoms with E-state index in [1.165, 1.54) is 0 Å². The third kappa shape index (κ3) is 1.97. The fraction of sp³-hybridized carbons (Fsp3) is 0.100. The first-order valence-electron chi connectivity index (χ1n) is 4.34. The van der Waals surface area contributed by atoms with Gasteiger partial charge in [-0.15, -0.1) is 0 Å². The van der Waals surface area contributed by atoms with Gasteiger partial charge in [0.05, 0.1) is 22.6 Å². The number of para-hydroxylation sites is 2. The number of hydrogen-bond acceptors (Lipinski definition) is 4. The smallest absolute Gasteiger partial charge is 0.117 e. The van der Waals surface area contributed by atoms with Crippen LogP contribution < -0.4 is 0 Å². The van der Waals surface area contributed by atoms with E-state index in [2.05, 4.69) is 31.1 Å². The molecule has 0 atom stereocenters. The predicted octanol–water partition coefficient (Wildman–Crippen LogP) is 2.20. The van der Waals surface area contributed by atoms with Crippen LogP contribution in [-0.2, 0) is 0 Å². The number of hydrogen-bond donors (Lipinski definition) is 1. The zero-order valence-corrected chi connectivity index (χ0v) is 9.35. The first-order chi connectivity index (χ1) is 7.35. The van der Waals surface area contributed by atoms with Crippen LogP contribution >= 0.6 is 15.9 Å². The van der Waals surface area contributed by atoms with Crippen LogP contribution in [0.4, 0.5) is 0 Å². The Balaban J connectivity index is 2.56. The van der Waals surface area contributed by atoms with E-state index in [1.54, 1.807) is 6.20 Å². The molecule has 0 spiro atoms. The van der Waals surface area contributed by atoms with Crippen molar-refractivity contribution in [3.8, 4) is 0 Å². The fourth-order valence-corrected chi connectivity index (χ4v) is 1.64. The molecule has 0 saturated carbocycles. The minimum atomic E-state index is 0.441. The Morgan fingerprint density at radius 2 is 2.07 bits per heavy atom. The number of benzene rings is 1. The molecule has 0 unspecified atom stereocenters. The molecule has 4 nitrogen and oxygen atoms in total. The van der Waals surface area contributed by atoms with Crippen LogP contribution in [0.15, 0.2) is 35.6 Å². The zero-order chi connectivity index (χ0) is 10.7. The maximum atomic E-state index is 8.74. The molecule has 0 aliphatic rings. The average Bonchev–Trinajstić information content (AvgIpc) is 2.30. The minimum Gasteiger partial charge on any atom is -0.411 e. The average molecular weight is 266 g/mol. The van der Waals surface area contributed by atoms with E-state index in [0.29, 0.717) is 16.7 Å². The van der Waals surface area contributed by atoms with Gasteiger partial charge in [-0.1, -0.05) is 33.2 Å². The van der Waals surface area contributed by atoms with Crippen LogP contribution in [0.2, 0.25) is 0 Å². The van der Waals surface area contributed by atoms with Gasteiger partial charge < -0.3 is 5.21 Å². The summed E-state index contributed by atoms with van der Waals surface area (Å²) in [6.07, 6.45) is 1.60. The lowest BCUT2D eigenvalue weighted by atomic mass is 10.2. The molecule has 0 bridgehead atoms. The van der Waals surface area contributed by atoms with Crippen molar-refractivity contribution in [1.82, 2.24) is 9.97 Å². The van der Waals surface area contributed by atoms with Gasteiger partial charge in [-0.2, -0.15) is 0 Å². The van der Waals surface area contributed by atoms with Crippen LogP contribution in [0.25, 0.3) is 11.0 Å². The number of fused-ring (bicyclic) bond motifs is 1. The Morgan fingerprint density at radius 3 is 2.73 bits per heavy atom. The van der Waals surface area contributed by atoms with Gasteiger partial charge in [0.25, 0.3) is 0 Å². The maximum Gasteiger partial charge on any atom is 0.117 e. The SMILES string of the molecule is O/N=C(\CBr)c1cnc2ccccc2n1. The van der Waals surface area contributed by atoms with Crippen molar-refractivity contribution in [2.75, 3.05) is 5.33 Å². The Morgan fingerprint density at radius 1 is 1.33 bits per heavy atom. The highest BCUT2D eigenvalue weighted by Crippen LogP contribution is 2.09. The second kappa shape index (κ2) is 4.35. The van der Waals surface area contributed by atoms with E-state index in [1.807, 2.05) is 24.3 Å². The molecule has 0 fully saturated rings. The first kappa shape index (κ1) is 10.0. The zero-order valence-electron chi connectivity index (χ0n) is 7.76. The molecule has 0 aliphatic carbocycles. The summed E-state index contributed by atoms with van der Waals surface area (Å²) in [5, 5.41) is 12.3. The standard InChI is InChI=1S/C10H8BrN3O/c11-5-9(14-15)10-6-12-7-3-1-2-4-8(7)13-10/h1-4,6,15H,5H2/b14-9+. The molecule has 76 valence electrons. The molecule has 5 heteroatoms. The summed E-state index contributed by atoms with van der Waals surface area (Å²) >= 11 is 3.22. The Kier molecular flexibility index (Phi) is 2.91. The normalized spacial score (nSPS) is 11.9. The molecule has 1 aromatic carbocycles. The van der Waals surface area contributed by atoms with Crippen molar-refractivity contribution in [3.05, 3.63) is 36.2 Å². The van der Waals surface area contributed by atoms with Crippen molar-refractivity contribution >= 4 is 32.7 Å². The number of rotatable bonds is 2. The molecule has 15 heavy (non-hydrogen) atoms. The summed E-state index contributed by atoms with van der Waals surface area (Å²) < 4.78 is 0. The number of halogens is 1. The van der Waals surface area contributed by atoms with Gasteiger partial charge in [-0.25, -0.2) is 4.98 Å². The van der Waals surface area contributed by atoms with Crippen molar-refractivity contribution in [2.24, 2.45) is 5.16 Å². The van der Waals surface area contributed by atoms with E-state index in [-0.39, 0.29) is 0 Å². The van der Waals surface area contributed by atoms with Crippen LogP contribution in [-0.4, -0.2) is 26.2 Å². The Bertz CT molecular complexity index is 513. The number of oxime groups is 1. The lowest BCUT2D eigenvalue weighted by molar-refractivity contribution is 0.319. The quantitative estimate of drug-likeness (QED) is 0.392.